The molecule has 0 bridgehead atoms. The third-order valence-corrected chi connectivity index (χ3v) is 6.33. The largest absolute Gasteiger partial charge is 0.390 e. The second-order valence-electron chi connectivity index (χ2n) is 8.43. The molecule has 34 heavy (non-hydrogen) atoms. The fourth-order valence-corrected chi connectivity index (χ4v) is 4.24. The number of rotatable bonds is 11. The Morgan fingerprint density at radius 3 is 2.38 bits per heavy atom. The third-order valence-electron chi connectivity index (χ3n) is 5.59. The molecule has 5 nitrogen and oxygen atoms in total. The molecule has 178 valence electrons. The van der Waals surface area contributed by atoms with Gasteiger partial charge in [0, 0.05) is 31.6 Å². The average molecular weight is 499 g/mol. The van der Waals surface area contributed by atoms with Gasteiger partial charge in [-0.15, -0.1) is 0 Å². The Balaban J connectivity index is 1.33. The molecule has 0 aliphatic carbocycles. The molecule has 1 N–H and O–H groups in total. The summed E-state index contributed by atoms with van der Waals surface area (Å²) in [5, 5.41) is 16.0. The lowest BCUT2D eigenvalue weighted by molar-refractivity contribution is -0.00648. The van der Waals surface area contributed by atoms with Crippen LogP contribution < -0.4 is 0 Å². The lowest BCUT2D eigenvalue weighted by Crippen LogP contribution is -2.39. The smallest absolute Gasteiger partial charge is 0.145 e. The zero-order valence-electron chi connectivity index (χ0n) is 18.8. The van der Waals surface area contributed by atoms with Crippen LogP contribution in [0.2, 0.25) is 10.0 Å². The SMILES string of the molecule is O[C@H](COCc1ccccc1)CN(Cc1ccccc1)C[C@@H]1CC(c2ccc(Cl)c(Cl)c2)=NO1. The van der Waals surface area contributed by atoms with Gasteiger partial charge in [-0.2, -0.15) is 0 Å². The van der Waals surface area contributed by atoms with E-state index >= 15 is 0 Å². The molecule has 4 rings (SSSR count). The molecule has 0 saturated carbocycles. The highest BCUT2D eigenvalue weighted by Crippen LogP contribution is 2.26. The first-order valence-electron chi connectivity index (χ1n) is 11.3. The zero-order chi connectivity index (χ0) is 23.8. The number of oxime groups is 1. The summed E-state index contributed by atoms with van der Waals surface area (Å²) in [6, 6.07) is 25.6. The van der Waals surface area contributed by atoms with Crippen molar-refractivity contribution in [2.75, 3.05) is 19.7 Å². The van der Waals surface area contributed by atoms with Crippen LogP contribution in [0.25, 0.3) is 0 Å². The van der Waals surface area contributed by atoms with E-state index in [1.165, 1.54) is 5.56 Å². The Morgan fingerprint density at radius 2 is 1.68 bits per heavy atom. The zero-order valence-corrected chi connectivity index (χ0v) is 20.3. The lowest BCUT2D eigenvalue weighted by atomic mass is 10.0. The summed E-state index contributed by atoms with van der Waals surface area (Å²) in [5.74, 6) is 0. The van der Waals surface area contributed by atoms with E-state index in [0.29, 0.717) is 42.7 Å². The van der Waals surface area contributed by atoms with E-state index in [0.717, 1.165) is 16.8 Å². The van der Waals surface area contributed by atoms with Crippen LogP contribution in [0.1, 0.15) is 23.1 Å². The van der Waals surface area contributed by atoms with E-state index < -0.39 is 6.10 Å². The predicted octanol–water partition coefficient (Wildman–Crippen LogP) is 5.57. The van der Waals surface area contributed by atoms with E-state index in [2.05, 4.69) is 22.2 Å². The van der Waals surface area contributed by atoms with Gasteiger partial charge in [-0.1, -0.05) is 95.1 Å². The molecule has 3 aromatic rings. The molecular formula is C27H28Cl2N2O3. The van der Waals surface area contributed by atoms with Crippen molar-refractivity contribution in [1.82, 2.24) is 4.90 Å². The molecule has 0 saturated heterocycles. The van der Waals surface area contributed by atoms with Crippen LogP contribution in [0.15, 0.2) is 84.0 Å². The van der Waals surface area contributed by atoms with Crippen LogP contribution in [0.5, 0.6) is 0 Å². The van der Waals surface area contributed by atoms with Gasteiger partial charge in [0.2, 0.25) is 0 Å². The second-order valence-corrected chi connectivity index (χ2v) is 9.25. The minimum Gasteiger partial charge on any atom is -0.390 e. The summed E-state index contributed by atoms with van der Waals surface area (Å²) < 4.78 is 5.74. The van der Waals surface area contributed by atoms with Gasteiger partial charge in [0.05, 0.1) is 35.1 Å². The molecule has 7 heteroatoms. The Kier molecular flexibility index (Phi) is 8.97. The van der Waals surface area contributed by atoms with Crippen molar-refractivity contribution in [3.05, 3.63) is 106 Å². The number of benzene rings is 3. The molecule has 0 unspecified atom stereocenters. The molecule has 0 fully saturated rings. The molecule has 0 amide bonds. The Labute approximate surface area is 210 Å². The van der Waals surface area contributed by atoms with Gasteiger partial charge in [-0.3, -0.25) is 4.90 Å². The molecule has 1 heterocycles. The van der Waals surface area contributed by atoms with Crippen molar-refractivity contribution in [3.63, 3.8) is 0 Å². The van der Waals surface area contributed by atoms with E-state index in [9.17, 15) is 5.11 Å². The van der Waals surface area contributed by atoms with Gasteiger partial charge < -0.3 is 14.7 Å². The van der Waals surface area contributed by atoms with Gasteiger partial charge in [0.1, 0.15) is 6.10 Å². The van der Waals surface area contributed by atoms with Crippen LogP contribution in [-0.4, -0.2) is 47.6 Å². The summed E-state index contributed by atoms with van der Waals surface area (Å²) in [4.78, 5) is 7.92. The fourth-order valence-electron chi connectivity index (χ4n) is 3.94. The standard InChI is InChI=1S/C27H28Cl2N2O3/c28-25-12-11-22(13-26(25)29)27-14-24(34-30-27)17-31(15-20-7-3-1-4-8-20)16-23(32)19-33-18-21-9-5-2-6-10-21/h1-13,23-24,32H,14-19H2/t23-,24-/m0/s1. The molecule has 0 spiro atoms. The van der Waals surface area contributed by atoms with E-state index in [1.54, 1.807) is 6.07 Å². The third kappa shape index (κ3) is 7.29. The maximum absolute atomic E-state index is 10.7. The van der Waals surface area contributed by atoms with E-state index in [1.807, 2.05) is 60.7 Å². The van der Waals surface area contributed by atoms with Gasteiger partial charge in [-0.25, -0.2) is 0 Å². The number of halogens is 2. The fraction of sp³-hybridized carbons (Fsp3) is 0.296. The maximum atomic E-state index is 10.7. The van der Waals surface area contributed by atoms with Gasteiger partial charge in [0.15, 0.2) is 0 Å². The number of hydrogen-bond donors (Lipinski definition) is 1. The predicted molar refractivity (Wildman–Crippen MR) is 136 cm³/mol. The Morgan fingerprint density at radius 1 is 0.971 bits per heavy atom. The summed E-state index contributed by atoms with van der Waals surface area (Å²) >= 11 is 12.2. The number of hydrogen-bond acceptors (Lipinski definition) is 5. The first kappa shape index (κ1) is 24.7. The number of ether oxygens (including phenoxy) is 1. The molecule has 0 aromatic heterocycles. The van der Waals surface area contributed by atoms with E-state index in [-0.39, 0.29) is 12.7 Å². The van der Waals surface area contributed by atoms with Crippen molar-refractivity contribution in [2.24, 2.45) is 5.16 Å². The quantitative estimate of drug-likeness (QED) is 0.375. The summed E-state index contributed by atoms with van der Waals surface area (Å²) in [7, 11) is 0. The van der Waals surface area contributed by atoms with Crippen LogP contribution in [0.3, 0.4) is 0 Å². The van der Waals surface area contributed by atoms with Crippen LogP contribution in [-0.2, 0) is 22.7 Å². The van der Waals surface area contributed by atoms with Crippen LogP contribution in [0.4, 0.5) is 0 Å². The molecule has 2 atom stereocenters. The monoisotopic (exact) mass is 498 g/mol. The van der Waals surface area contributed by atoms with Crippen molar-refractivity contribution in [1.29, 1.82) is 0 Å². The van der Waals surface area contributed by atoms with Crippen molar-refractivity contribution in [3.8, 4) is 0 Å². The Bertz CT molecular complexity index is 1080. The minimum atomic E-state index is -0.621. The molecule has 1 aliphatic heterocycles. The topological polar surface area (TPSA) is 54.3 Å². The van der Waals surface area contributed by atoms with Gasteiger partial charge in [-0.05, 0) is 23.3 Å². The highest BCUT2D eigenvalue weighted by Gasteiger charge is 2.26. The summed E-state index contributed by atoms with van der Waals surface area (Å²) in [6.45, 7) is 2.52. The second kappa shape index (κ2) is 12.3. The highest BCUT2D eigenvalue weighted by molar-refractivity contribution is 6.42. The first-order valence-corrected chi connectivity index (χ1v) is 12.1. The summed E-state index contributed by atoms with van der Waals surface area (Å²) in [6.07, 6.45) is -0.0842. The minimum absolute atomic E-state index is 0.120. The lowest BCUT2D eigenvalue weighted by Gasteiger charge is -2.27. The van der Waals surface area contributed by atoms with Crippen LogP contribution in [0, 0.1) is 0 Å². The van der Waals surface area contributed by atoms with Crippen LogP contribution >= 0.6 is 23.2 Å². The highest BCUT2D eigenvalue weighted by atomic mass is 35.5. The first-order chi connectivity index (χ1) is 16.6. The number of aliphatic hydroxyl groups excluding tert-OH is 1. The number of aliphatic hydroxyl groups is 1. The van der Waals surface area contributed by atoms with Gasteiger partial charge >= 0.3 is 0 Å². The van der Waals surface area contributed by atoms with E-state index in [4.69, 9.17) is 32.8 Å². The molecule has 3 aromatic carbocycles. The number of nitrogens with zero attached hydrogens (tertiary/aromatic N) is 2. The average Bonchev–Trinajstić information content (AvgIpc) is 3.30. The molecular weight excluding hydrogens is 471 g/mol. The normalized spacial score (nSPS) is 16.4. The Hall–Kier alpha value is -2.41. The van der Waals surface area contributed by atoms with Crippen molar-refractivity contribution >= 4 is 28.9 Å². The van der Waals surface area contributed by atoms with Crippen molar-refractivity contribution < 1.29 is 14.7 Å². The van der Waals surface area contributed by atoms with Gasteiger partial charge in [0.25, 0.3) is 0 Å². The molecule has 1 aliphatic rings. The maximum Gasteiger partial charge on any atom is 0.145 e. The van der Waals surface area contributed by atoms with Crippen molar-refractivity contribution in [2.45, 2.75) is 31.8 Å². The molecule has 0 radical (unpaired) electrons. The summed E-state index contributed by atoms with van der Waals surface area (Å²) in [5.41, 5.74) is 4.00.